The maximum atomic E-state index is 13.5. The molecular weight excluding hydrogens is 478 g/mol. The lowest BCUT2D eigenvalue weighted by molar-refractivity contribution is -0.143. The van der Waals surface area contributed by atoms with Gasteiger partial charge in [-0.05, 0) is 62.6 Å². The number of nitrogens with zero attached hydrogens (tertiary/aromatic N) is 1. The molecule has 5 nitrogen and oxygen atoms in total. The SMILES string of the molecule is CCOC(=O)CCCN([C@@H](C)c1cccc(Br)c1)S(=O)(=O)c1cccc(Cl)c1C. The predicted molar refractivity (Wildman–Crippen MR) is 119 cm³/mol. The lowest BCUT2D eigenvalue weighted by Crippen LogP contribution is -2.35. The molecule has 29 heavy (non-hydrogen) atoms. The van der Waals surface area contributed by atoms with E-state index in [0.717, 1.165) is 10.0 Å². The number of carbonyl (C=O) groups excluding carboxylic acids is 1. The molecule has 0 radical (unpaired) electrons. The fraction of sp³-hybridized carbons (Fsp3) is 0.381. The zero-order chi connectivity index (χ0) is 21.6. The Balaban J connectivity index is 2.40. The molecule has 0 aromatic heterocycles. The summed E-state index contributed by atoms with van der Waals surface area (Å²) >= 11 is 9.61. The van der Waals surface area contributed by atoms with Gasteiger partial charge in [-0.1, -0.05) is 45.7 Å². The van der Waals surface area contributed by atoms with E-state index in [9.17, 15) is 13.2 Å². The van der Waals surface area contributed by atoms with Crippen LogP contribution in [-0.2, 0) is 19.6 Å². The minimum Gasteiger partial charge on any atom is -0.466 e. The van der Waals surface area contributed by atoms with Gasteiger partial charge in [0.25, 0.3) is 0 Å². The zero-order valence-corrected chi connectivity index (χ0v) is 19.9. The Morgan fingerprint density at radius 1 is 1.24 bits per heavy atom. The highest BCUT2D eigenvalue weighted by molar-refractivity contribution is 9.10. The van der Waals surface area contributed by atoms with Gasteiger partial charge >= 0.3 is 5.97 Å². The Labute approximate surface area is 186 Å². The molecule has 0 aliphatic rings. The van der Waals surface area contributed by atoms with Gasteiger partial charge in [-0.2, -0.15) is 4.31 Å². The number of hydrogen-bond acceptors (Lipinski definition) is 4. The summed E-state index contributed by atoms with van der Waals surface area (Å²) in [5, 5.41) is 0.396. The van der Waals surface area contributed by atoms with Crippen molar-refractivity contribution >= 4 is 43.5 Å². The number of sulfonamides is 1. The molecule has 8 heteroatoms. The summed E-state index contributed by atoms with van der Waals surface area (Å²) in [7, 11) is -3.84. The Hall–Kier alpha value is -1.41. The molecular formula is C21H25BrClNO4S. The van der Waals surface area contributed by atoms with Crippen molar-refractivity contribution in [1.82, 2.24) is 4.31 Å². The van der Waals surface area contributed by atoms with Crippen molar-refractivity contribution in [2.75, 3.05) is 13.2 Å². The van der Waals surface area contributed by atoms with E-state index in [-0.39, 0.29) is 23.8 Å². The van der Waals surface area contributed by atoms with Gasteiger partial charge < -0.3 is 4.74 Å². The predicted octanol–water partition coefficient (Wildman–Crippen LogP) is 5.51. The van der Waals surface area contributed by atoms with Crippen LogP contribution in [-0.4, -0.2) is 31.8 Å². The van der Waals surface area contributed by atoms with Crippen molar-refractivity contribution in [2.24, 2.45) is 0 Å². The Morgan fingerprint density at radius 3 is 2.59 bits per heavy atom. The van der Waals surface area contributed by atoms with Crippen molar-refractivity contribution in [3.8, 4) is 0 Å². The molecule has 0 amide bonds. The van der Waals surface area contributed by atoms with Gasteiger partial charge in [0, 0.05) is 28.5 Å². The van der Waals surface area contributed by atoms with E-state index in [4.69, 9.17) is 16.3 Å². The zero-order valence-electron chi connectivity index (χ0n) is 16.7. The normalized spacial score (nSPS) is 12.8. The third kappa shape index (κ3) is 6.04. The first-order chi connectivity index (χ1) is 13.7. The van der Waals surface area contributed by atoms with Gasteiger partial charge in [0.05, 0.1) is 11.5 Å². The first-order valence-electron chi connectivity index (χ1n) is 9.36. The van der Waals surface area contributed by atoms with E-state index in [1.807, 2.05) is 31.2 Å². The van der Waals surface area contributed by atoms with Crippen molar-refractivity contribution in [3.05, 3.63) is 63.1 Å². The van der Waals surface area contributed by atoms with Crippen LogP contribution in [0.3, 0.4) is 0 Å². The summed E-state index contributed by atoms with van der Waals surface area (Å²) in [6, 6.07) is 11.9. The number of carbonyl (C=O) groups is 1. The number of ether oxygens (including phenoxy) is 1. The van der Waals surface area contributed by atoms with E-state index in [1.54, 1.807) is 32.0 Å². The fourth-order valence-corrected chi connectivity index (χ4v) is 5.62. The molecule has 0 saturated heterocycles. The first kappa shape index (κ1) is 23.9. The summed E-state index contributed by atoms with van der Waals surface area (Å²) in [6.45, 7) is 5.75. The highest BCUT2D eigenvalue weighted by atomic mass is 79.9. The second kappa shape index (κ2) is 10.6. The molecule has 158 valence electrons. The van der Waals surface area contributed by atoms with Crippen LogP contribution in [0.5, 0.6) is 0 Å². The van der Waals surface area contributed by atoms with E-state index in [0.29, 0.717) is 23.6 Å². The van der Waals surface area contributed by atoms with Crippen LogP contribution in [0.1, 0.15) is 43.9 Å². The van der Waals surface area contributed by atoms with Crippen molar-refractivity contribution in [3.63, 3.8) is 0 Å². The quantitative estimate of drug-likeness (QED) is 0.424. The molecule has 0 aliphatic carbocycles. The van der Waals surface area contributed by atoms with Crippen LogP contribution in [0, 0.1) is 6.92 Å². The monoisotopic (exact) mass is 501 g/mol. The van der Waals surface area contributed by atoms with E-state index < -0.39 is 16.1 Å². The highest BCUT2D eigenvalue weighted by Crippen LogP contribution is 2.32. The van der Waals surface area contributed by atoms with Crippen molar-refractivity contribution in [1.29, 1.82) is 0 Å². The second-order valence-electron chi connectivity index (χ2n) is 6.62. The maximum Gasteiger partial charge on any atom is 0.305 e. The maximum absolute atomic E-state index is 13.5. The van der Waals surface area contributed by atoms with Crippen LogP contribution in [0.2, 0.25) is 5.02 Å². The van der Waals surface area contributed by atoms with Gasteiger partial charge in [0.2, 0.25) is 10.0 Å². The average molecular weight is 503 g/mol. The largest absolute Gasteiger partial charge is 0.466 e. The number of halogens is 2. The van der Waals surface area contributed by atoms with Gasteiger partial charge in [-0.3, -0.25) is 4.79 Å². The Morgan fingerprint density at radius 2 is 1.93 bits per heavy atom. The molecule has 0 N–H and O–H groups in total. The summed E-state index contributed by atoms with van der Waals surface area (Å²) < 4.78 is 34.3. The third-order valence-corrected chi connectivity index (χ3v) is 7.65. The number of hydrogen-bond donors (Lipinski definition) is 0. The van der Waals surface area contributed by atoms with Gasteiger partial charge in [0.15, 0.2) is 0 Å². The van der Waals surface area contributed by atoms with Crippen LogP contribution in [0.15, 0.2) is 51.8 Å². The molecule has 2 aromatic rings. The first-order valence-corrected chi connectivity index (χ1v) is 12.0. The van der Waals surface area contributed by atoms with Gasteiger partial charge in [0.1, 0.15) is 0 Å². The molecule has 1 atom stereocenters. The Kier molecular flexibility index (Phi) is 8.70. The molecule has 0 spiro atoms. The summed E-state index contributed by atoms with van der Waals surface area (Å²) in [4.78, 5) is 11.9. The third-order valence-electron chi connectivity index (χ3n) is 4.63. The van der Waals surface area contributed by atoms with E-state index in [2.05, 4.69) is 15.9 Å². The molecule has 2 aromatic carbocycles. The molecule has 0 aliphatic heterocycles. The molecule has 0 bridgehead atoms. The van der Waals surface area contributed by atoms with Gasteiger partial charge in [-0.25, -0.2) is 8.42 Å². The summed E-state index contributed by atoms with van der Waals surface area (Å²) in [5.41, 5.74) is 1.35. The number of benzene rings is 2. The molecule has 0 fully saturated rings. The minimum atomic E-state index is -3.84. The topological polar surface area (TPSA) is 63.7 Å². The van der Waals surface area contributed by atoms with Crippen LogP contribution in [0.25, 0.3) is 0 Å². The lowest BCUT2D eigenvalue weighted by atomic mass is 10.1. The summed E-state index contributed by atoms with van der Waals surface area (Å²) in [6.07, 6.45) is 0.510. The second-order valence-corrected chi connectivity index (χ2v) is 9.80. The average Bonchev–Trinajstić information content (AvgIpc) is 2.67. The van der Waals surface area contributed by atoms with Gasteiger partial charge in [-0.15, -0.1) is 0 Å². The van der Waals surface area contributed by atoms with E-state index in [1.165, 1.54) is 4.31 Å². The minimum absolute atomic E-state index is 0.152. The molecule has 2 rings (SSSR count). The molecule has 0 saturated carbocycles. The number of rotatable bonds is 9. The lowest BCUT2D eigenvalue weighted by Gasteiger charge is -2.29. The Bertz CT molecular complexity index is 965. The van der Waals surface area contributed by atoms with Crippen molar-refractivity contribution < 1.29 is 17.9 Å². The van der Waals surface area contributed by atoms with E-state index >= 15 is 0 Å². The number of esters is 1. The van der Waals surface area contributed by atoms with Crippen LogP contribution < -0.4 is 0 Å². The smallest absolute Gasteiger partial charge is 0.305 e. The fourth-order valence-electron chi connectivity index (χ4n) is 3.06. The van der Waals surface area contributed by atoms with Crippen LogP contribution >= 0.6 is 27.5 Å². The standard InChI is InChI=1S/C21H25BrClNO4S/c1-4-28-21(25)12-7-13-24(16(3)17-8-5-9-18(22)14-17)29(26,27)20-11-6-10-19(23)15(20)2/h5-6,8-11,14,16H,4,7,12-13H2,1-3H3/t16-/m0/s1. The summed E-state index contributed by atoms with van der Waals surface area (Å²) in [5.74, 6) is -0.334. The highest BCUT2D eigenvalue weighted by Gasteiger charge is 2.31. The molecule has 0 heterocycles. The molecule has 0 unspecified atom stereocenters. The van der Waals surface area contributed by atoms with Crippen molar-refractivity contribution in [2.45, 2.75) is 44.6 Å². The van der Waals surface area contributed by atoms with Crippen LogP contribution in [0.4, 0.5) is 0 Å².